The van der Waals surface area contributed by atoms with E-state index in [1.165, 1.54) is 11.0 Å². The van der Waals surface area contributed by atoms with Crippen LogP contribution >= 0.6 is 0 Å². The fourth-order valence-electron chi connectivity index (χ4n) is 5.31. The lowest BCUT2D eigenvalue weighted by atomic mass is 9.96. The van der Waals surface area contributed by atoms with Gasteiger partial charge in [0.2, 0.25) is 11.8 Å². The van der Waals surface area contributed by atoms with E-state index in [0.29, 0.717) is 22.4 Å². The van der Waals surface area contributed by atoms with Gasteiger partial charge in [-0.2, -0.15) is 0 Å². The molecule has 1 aliphatic heterocycles. The van der Waals surface area contributed by atoms with E-state index in [2.05, 4.69) is 10.6 Å². The van der Waals surface area contributed by atoms with Crippen LogP contribution < -0.4 is 10.6 Å². The van der Waals surface area contributed by atoms with E-state index in [-0.39, 0.29) is 36.8 Å². The van der Waals surface area contributed by atoms with Gasteiger partial charge in [0.15, 0.2) is 0 Å². The number of hydrogen-bond acceptors (Lipinski definition) is 4. The van der Waals surface area contributed by atoms with Crippen LogP contribution in [-0.2, 0) is 9.59 Å². The molecule has 3 N–H and O–H groups in total. The van der Waals surface area contributed by atoms with Crippen molar-refractivity contribution >= 4 is 23.2 Å². The number of halogens is 2. The fourth-order valence-corrected chi connectivity index (χ4v) is 5.31. The van der Waals surface area contributed by atoms with Crippen molar-refractivity contribution in [1.82, 2.24) is 10.2 Å². The smallest absolute Gasteiger partial charge is 0.243 e. The molecular formula is C31H32F2N4O2. The van der Waals surface area contributed by atoms with Crippen molar-refractivity contribution in [3.63, 3.8) is 0 Å². The molecule has 3 aromatic rings. The Morgan fingerprint density at radius 2 is 1.74 bits per heavy atom. The summed E-state index contributed by atoms with van der Waals surface area (Å²) in [6.07, 6.45) is 0.208. The van der Waals surface area contributed by atoms with Gasteiger partial charge in [-0.25, -0.2) is 8.78 Å². The van der Waals surface area contributed by atoms with Gasteiger partial charge in [-0.1, -0.05) is 60.7 Å². The lowest BCUT2D eigenvalue weighted by molar-refractivity contribution is -0.137. The Labute approximate surface area is 226 Å². The molecule has 2 amide bonds. The van der Waals surface area contributed by atoms with Gasteiger partial charge < -0.3 is 20.9 Å². The average molecular weight is 531 g/mol. The predicted octanol–water partition coefficient (Wildman–Crippen LogP) is 5.35. The third kappa shape index (κ3) is 5.85. The van der Waals surface area contributed by atoms with E-state index < -0.39 is 30.1 Å². The first kappa shape index (κ1) is 26.5. The lowest BCUT2D eigenvalue weighted by Gasteiger charge is -2.27. The summed E-state index contributed by atoms with van der Waals surface area (Å²) in [5, 5.41) is 14.5. The molecule has 0 radical (unpaired) electrons. The largest absolute Gasteiger partial charge is 0.388 e. The van der Waals surface area contributed by atoms with Gasteiger partial charge in [0.25, 0.3) is 0 Å². The quantitative estimate of drug-likeness (QED) is 0.326. The summed E-state index contributed by atoms with van der Waals surface area (Å²) < 4.78 is 29.5. The Bertz CT molecular complexity index is 1380. The highest BCUT2D eigenvalue weighted by atomic mass is 19.1. The summed E-state index contributed by atoms with van der Waals surface area (Å²) in [6.45, 7) is -0.210. The van der Waals surface area contributed by atoms with Crippen molar-refractivity contribution in [2.75, 3.05) is 18.9 Å². The van der Waals surface area contributed by atoms with Gasteiger partial charge >= 0.3 is 0 Å². The minimum absolute atomic E-state index is 0.0832. The number of nitrogens with zero attached hydrogens (tertiary/aromatic N) is 1. The molecule has 0 unspecified atom stereocenters. The second-order valence-electron chi connectivity index (χ2n) is 10.3. The molecule has 0 aromatic heterocycles. The number of nitrogens with one attached hydrogen (secondary N) is 3. The predicted molar refractivity (Wildman–Crippen MR) is 147 cm³/mol. The van der Waals surface area contributed by atoms with Crippen molar-refractivity contribution in [3.05, 3.63) is 101 Å². The molecular weight excluding hydrogens is 498 g/mol. The molecule has 0 spiro atoms. The topological polar surface area (TPSA) is 85.3 Å². The number of carbonyl (C=O) groups excluding carboxylic acids is 2. The Hall–Kier alpha value is -4.07. The van der Waals surface area contributed by atoms with Crippen molar-refractivity contribution in [3.8, 4) is 0 Å². The minimum atomic E-state index is -1.35. The molecule has 2 fully saturated rings. The first-order chi connectivity index (χ1) is 18.9. The number of rotatable bonds is 9. The summed E-state index contributed by atoms with van der Waals surface area (Å²) in [6, 6.07) is 19.7. The van der Waals surface area contributed by atoms with E-state index in [9.17, 15) is 18.4 Å². The van der Waals surface area contributed by atoms with Crippen molar-refractivity contribution in [2.24, 2.45) is 0 Å². The molecule has 5 rings (SSSR count). The monoisotopic (exact) mass is 530 g/mol. The molecule has 202 valence electrons. The summed E-state index contributed by atoms with van der Waals surface area (Å²) in [5.41, 5.74) is 3.38. The Kier molecular flexibility index (Phi) is 7.72. The number of anilines is 1. The summed E-state index contributed by atoms with van der Waals surface area (Å²) in [7, 11) is 1.73. The van der Waals surface area contributed by atoms with E-state index in [1.54, 1.807) is 25.2 Å². The zero-order valence-electron chi connectivity index (χ0n) is 21.8. The van der Waals surface area contributed by atoms with Crippen LogP contribution in [0.3, 0.4) is 0 Å². The molecule has 1 saturated heterocycles. The number of benzene rings is 3. The molecule has 8 heteroatoms. The van der Waals surface area contributed by atoms with Crippen LogP contribution in [0.25, 0.3) is 0 Å². The van der Waals surface area contributed by atoms with Gasteiger partial charge in [-0.15, -0.1) is 0 Å². The first-order valence-corrected chi connectivity index (χ1v) is 13.3. The van der Waals surface area contributed by atoms with Gasteiger partial charge in [0.1, 0.15) is 18.0 Å². The fraction of sp³-hybridized carbons (Fsp3) is 0.323. The third-order valence-electron chi connectivity index (χ3n) is 7.52. The molecule has 3 aromatic carbocycles. The molecule has 1 aliphatic carbocycles. The number of likely N-dealkylation sites (tertiary alicyclic amines) is 1. The molecule has 2 aliphatic rings. The van der Waals surface area contributed by atoms with Crippen LogP contribution in [0.1, 0.15) is 59.9 Å². The summed E-state index contributed by atoms with van der Waals surface area (Å²) >= 11 is 0. The standard InChI is InChI=1S/C31H32F2N4O2/c1-35-27-10-6-5-9-24(27)26(34)17-29(38)37-18-22(32)16-28(37)31(39)36-30(20-7-3-2-4-8-20)21-13-14-23(19-11-12-19)25(33)15-21/h2-10,13-15,19,22,28,30,34-35H,11-12,16-18H2,1H3,(H,36,39)/t22-,28+,30+/m1/s1. The number of amides is 2. The number of hydrogen-bond donors (Lipinski definition) is 3. The normalized spacial score (nSPS) is 19.4. The maximum absolute atomic E-state index is 15.0. The molecule has 1 saturated carbocycles. The van der Waals surface area contributed by atoms with Gasteiger partial charge in [0.05, 0.1) is 19.0 Å². The SMILES string of the molecule is CNc1ccccc1C(=N)CC(=O)N1C[C@H](F)C[C@H]1C(=O)N[C@@H](c1ccccc1)c1ccc(C2CC2)c(F)c1. The van der Waals surface area contributed by atoms with Crippen molar-refractivity contribution < 1.29 is 18.4 Å². The second kappa shape index (κ2) is 11.4. The molecule has 1 heterocycles. The highest BCUT2D eigenvalue weighted by Gasteiger charge is 2.41. The van der Waals surface area contributed by atoms with Crippen LogP contribution in [0, 0.1) is 11.2 Å². The van der Waals surface area contributed by atoms with Crippen LogP contribution in [0.4, 0.5) is 14.5 Å². The van der Waals surface area contributed by atoms with Gasteiger partial charge in [-0.05, 0) is 47.6 Å². The highest BCUT2D eigenvalue weighted by molar-refractivity contribution is 6.12. The number of carbonyl (C=O) groups is 2. The number of alkyl halides is 1. The van der Waals surface area contributed by atoms with Crippen LogP contribution in [-0.4, -0.2) is 48.2 Å². The van der Waals surface area contributed by atoms with E-state index in [4.69, 9.17) is 5.41 Å². The van der Waals surface area contributed by atoms with E-state index >= 15 is 0 Å². The van der Waals surface area contributed by atoms with Crippen LogP contribution in [0.2, 0.25) is 0 Å². The van der Waals surface area contributed by atoms with Crippen molar-refractivity contribution in [2.45, 2.75) is 49.9 Å². The lowest BCUT2D eigenvalue weighted by Crippen LogP contribution is -2.47. The van der Waals surface area contributed by atoms with E-state index in [1.807, 2.05) is 48.5 Å². The van der Waals surface area contributed by atoms with Crippen molar-refractivity contribution in [1.29, 1.82) is 5.41 Å². The maximum Gasteiger partial charge on any atom is 0.243 e. The molecule has 3 atom stereocenters. The van der Waals surface area contributed by atoms with Gasteiger partial charge in [0, 0.05) is 30.4 Å². The Morgan fingerprint density at radius 3 is 2.44 bits per heavy atom. The summed E-state index contributed by atoms with van der Waals surface area (Å²) in [4.78, 5) is 28.0. The van der Waals surface area contributed by atoms with Crippen LogP contribution in [0.15, 0.2) is 72.8 Å². The maximum atomic E-state index is 15.0. The molecule has 0 bridgehead atoms. The first-order valence-electron chi connectivity index (χ1n) is 13.3. The molecule has 6 nitrogen and oxygen atoms in total. The zero-order valence-corrected chi connectivity index (χ0v) is 21.8. The zero-order chi connectivity index (χ0) is 27.5. The Balaban J connectivity index is 1.35. The third-order valence-corrected chi connectivity index (χ3v) is 7.52. The summed E-state index contributed by atoms with van der Waals surface area (Å²) in [5.74, 6) is -1.04. The second-order valence-corrected chi connectivity index (χ2v) is 10.3. The average Bonchev–Trinajstić information content (AvgIpc) is 3.71. The van der Waals surface area contributed by atoms with Crippen LogP contribution in [0.5, 0.6) is 0 Å². The molecule has 39 heavy (non-hydrogen) atoms. The van der Waals surface area contributed by atoms with E-state index in [0.717, 1.165) is 18.4 Å². The Morgan fingerprint density at radius 1 is 1.03 bits per heavy atom. The minimum Gasteiger partial charge on any atom is -0.388 e. The highest BCUT2D eigenvalue weighted by Crippen LogP contribution is 2.42. The van der Waals surface area contributed by atoms with Gasteiger partial charge in [-0.3, -0.25) is 9.59 Å². The number of para-hydroxylation sites is 1.